The van der Waals surface area contributed by atoms with Crippen molar-refractivity contribution in [1.82, 2.24) is 4.90 Å². The number of para-hydroxylation sites is 1. The minimum atomic E-state index is -1.01. The summed E-state index contributed by atoms with van der Waals surface area (Å²) >= 11 is 0. The summed E-state index contributed by atoms with van der Waals surface area (Å²) in [6, 6.07) is 20.3. The number of carboxylic acid groups (broad SMARTS) is 1. The van der Waals surface area contributed by atoms with E-state index in [1.54, 1.807) is 35.2 Å². The van der Waals surface area contributed by atoms with Crippen molar-refractivity contribution in [2.75, 3.05) is 4.90 Å². The molecule has 7 nitrogen and oxygen atoms in total. The molecule has 0 spiro atoms. The maximum Gasteiger partial charge on any atom is 0.303 e. The number of benzene rings is 3. The van der Waals surface area contributed by atoms with Gasteiger partial charge in [-0.25, -0.2) is 4.39 Å². The maximum atomic E-state index is 14.7. The van der Waals surface area contributed by atoms with Gasteiger partial charge in [0.15, 0.2) is 0 Å². The lowest BCUT2D eigenvalue weighted by molar-refractivity contribution is -0.142. The van der Waals surface area contributed by atoms with Gasteiger partial charge in [-0.1, -0.05) is 30.7 Å². The number of carboxylic acids is 1. The molecule has 0 bridgehead atoms. The number of fused-ring (bicyclic) bond motifs is 2. The van der Waals surface area contributed by atoms with Crippen molar-refractivity contribution >= 4 is 23.5 Å². The Kier molecular flexibility index (Phi) is 7.00. The molecule has 0 saturated heterocycles. The molecule has 0 radical (unpaired) electrons. The van der Waals surface area contributed by atoms with Gasteiger partial charge in [0.25, 0.3) is 5.91 Å². The molecule has 1 aliphatic heterocycles. The zero-order valence-corrected chi connectivity index (χ0v) is 22.0. The van der Waals surface area contributed by atoms with Crippen molar-refractivity contribution < 1.29 is 28.6 Å². The van der Waals surface area contributed by atoms with Crippen LogP contribution in [0.2, 0.25) is 0 Å². The predicted molar refractivity (Wildman–Crippen MR) is 147 cm³/mol. The summed E-state index contributed by atoms with van der Waals surface area (Å²) in [5.41, 5.74) is 1.70. The van der Waals surface area contributed by atoms with Gasteiger partial charge in [0.2, 0.25) is 5.91 Å². The second-order valence-electron chi connectivity index (χ2n) is 10.9. The van der Waals surface area contributed by atoms with E-state index in [4.69, 9.17) is 4.74 Å². The minimum Gasteiger partial charge on any atom is -0.481 e. The molecule has 2 fully saturated rings. The third-order valence-corrected chi connectivity index (χ3v) is 8.22. The van der Waals surface area contributed by atoms with E-state index < -0.39 is 11.8 Å². The van der Waals surface area contributed by atoms with Gasteiger partial charge in [-0.05, 0) is 79.8 Å². The summed E-state index contributed by atoms with van der Waals surface area (Å²) in [5, 5.41) is 9.18. The molecule has 3 aromatic carbocycles. The molecule has 3 atom stereocenters. The van der Waals surface area contributed by atoms with Crippen LogP contribution < -0.4 is 9.64 Å². The Balaban J connectivity index is 1.34. The topological polar surface area (TPSA) is 87.2 Å². The second kappa shape index (κ2) is 10.8. The van der Waals surface area contributed by atoms with Crippen LogP contribution in [0.5, 0.6) is 11.5 Å². The second-order valence-corrected chi connectivity index (χ2v) is 10.9. The average Bonchev–Trinajstić information content (AvgIpc) is 3.67. The van der Waals surface area contributed by atoms with Crippen molar-refractivity contribution in [3.63, 3.8) is 0 Å². The average molecular weight is 543 g/mol. The molecule has 3 aliphatic rings. The van der Waals surface area contributed by atoms with Crippen molar-refractivity contribution in [1.29, 1.82) is 0 Å². The largest absolute Gasteiger partial charge is 0.481 e. The SMILES string of the molecule is O=C(O)CCC(=O)N(C1CC1)[C@H]1c2ccc(F)cc2N(C(=O)c2ccc(Oc3ccccc3)cc2)[C@H]2CCC[C@H]21. The molecule has 2 amide bonds. The van der Waals surface area contributed by atoms with Crippen LogP contribution in [0.15, 0.2) is 72.8 Å². The highest BCUT2D eigenvalue weighted by Crippen LogP contribution is 2.53. The number of carbonyl (C=O) groups excluding carboxylic acids is 2. The summed E-state index contributed by atoms with van der Waals surface area (Å²) in [4.78, 5) is 42.2. The number of hydrogen-bond donors (Lipinski definition) is 1. The molecule has 1 N–H and O–H groups in total. The monoisotopic (exact) mass is 542 g/mol. The van der Waals surface area contributed by atoms with Gasteiger partial charge in [0, 0.05) is 30.0 Å². The smallest absolute Gasteiger partial charge is 0.303 e. The first-order chi connectivity index (χ1) is 19.4. The molecule has 206 valence electrons. The van der Waals surface area contributed by atoms with Crippen molar-refractivity contribution in [3.8, 4) is 11.5 Å². The lowest BCUT2D eigenvalue weighted by Gasteiger charge is -2.48. The van der Waals surface area contributed by atoms with Crippen LogP contribution >= 0.6 is 0 Å². The van der Waals surface area contributed by atoms with E-state index in [0.29, 0.717) is 22.7 Å². The van der Waals surface area contributed by atoms with Gasteiger partial charge in [0.05, 0.1) is 18.2 Å². The molecule has 6 rings (SSSR count). The molecule has 0 unspecified atom stereocenters. The van der Waals surface area contributed by atoms with E-state index in [9.17, 15) is 23.9 Å². The van der Waals surface area contributed by atoms with Gasteiger partial charge in [-0.2, -0.15) is 0 Å². The number of rotatable bonds is 8. The maximum absolute atomic E-state index is 14.7. The molecule has 1 heterocycles. The van der Waals surface area contributed by atoms with Crippen LogP contribution in [0.3, 0.4) is 0 Å². The number of hydrogen-bond acceptors (Lipinski definition) is 4. The highest BCUT2D eigenvalue weighted by atomic mass is 19.1. The first-order valence-electron chi connectivity index (χ1n) is 13.9. The molecule has 2 aliphatic carbocycles. The van der Waals surface area contributed by atoms with E-state index in [-0.39, 0.29) is 48.7 Å². The van der Waals surface area contributed by atoms with Gasteiger partial charge in [-0.15, -0.1) is 0 Å². The van der Waals surface area contributed by atoms with Gasteiger partial charge < -0.3 is 19.6 Å². The normalized spacial score (nSPS) is 21.3. The summed E-state index contributed by atoms with van der Waals surface area (Å²) < 4.78 is 20.6. The van der Waals surface area contributed by atoms with Gasteiger partial charge in [-0.3, -0.25) is 14.4 Å². The first-order valence-corrected chi connectivity index (χ1v) is 13.9. The molecule has 40 heavy (non-hydrogen) atoms. The number of carbonyl (C=O) groups is 3. The minimum absolute atomic E-state index is 0.0167. The van der Waals surface area contributed by atoms with Gasteiger partial charge >= 0.3 is 5.97 Å². The highest BCUT2D eigenvalue weighted by Gasteiger charge is 2.51. The standard InChI is InChI=1S/C32H31FN2O5/c33-21-11-16-26-28(19-21)35(32(39)20-9-14-24(15-10-20)40-23-5-2-1-3-6-23)27-8-4-7-25(27)31(26)34(22-12-13-22)29(36)17-18-30(37)38/h1-3,5-6,9-11,14-16,19,22,25,27,31H,4,7-8,12-13,17-18H2,(H,37,38)/t25-,27+,31-/m1/s1. The molecule has 2 saturated carbocycles. The van der Waals surface area contributed by atoms with Crippen molar-refractivity contribution in [2.45, 2.75) is 63.1 Å². The van der Waals surface area contributed by atoms with E-state index in [1.807, 2.05) is 35.2 Å². The quantitative estimate of drug-likeness (QED) is 0.359. The summed E-state index contributed by atoms with van der Waals surface area (Å²) in [6.07, 6.45) is 3.89. The summed E-state index contributed by atoms with van der Waals surface area (Å²) in [7, 11) is 0. The molecular weight excluding hydrogens is 511 g/mol. The number of halogens is 1. The lowest BCUT2D eigenvalue weighted by atomic mass is 9.81. The van der Waals surface area contributed by atoms with Crippen LogP contribution in [0.25, 0.3) is 0 Å². The van der Waals surface area contributed by atoms with Crippen LogP contribution in [-0.2, 0) is 9.59 Å². The van der Waals surface area contributed by atoms with Crippen LogP contribution in [0.1, 0.15) is 66.9 Å². The number of aliphatic carboxylic acids is 1. The lowest BCUT2D eigenvalue weighted by Crippen LogP contribution is -2.53. The molecular formula is C32H31FN2O5. The Morgan fingerprint density at radius 1 is 0.900 bits per heavy atom. The highest BCUT2D eigenvalue weighted by molar-refractivity contribution is 6.07. The fourth-order valence-electron chi connectivity index (χ4n) is 6.37. The summed E-state index contributed by atoms with van der Waals surface area (Å²) in [6.45, 7) is 0. The molecule has 3 aromatic rings. The van der Waals surface area contributed by atoms with Crippen LogP contribution in [-0.4, -0.2) is 39.9 Å². The Morgan fingerprint density at radius 3 is 2.33 bits per heavy atom. The van der Waals surface area contributed by atoms with E-state index >= 15 is 0 Å². The van der Waals surface area contributed by atoms with Crippen LogP contribution in [0.4, 0.5) is 10.1 Å². The van der Waals surface area contributed by atoms with E-state index in [0.717, 1.165) is 37.7 Å². The molecule has 0 aromatic heterocycles. The Morgan fingerprint density at radius 2 is 1.62 bits per heavy atom. The third kappa shape index (κ3) is 5.06. The first kappa shape index (κ1) is 26.0. The fourth-order valence-corrected chi connectivity index (χ4v) is 6.37. The fraction of sp³-hybridized carbons (Fsp3) is 0.344. The Labute approximate surface area is 232 Å². The Hall–Kier alpha value is -4.20. The van der Waals surface area contributed by atoms with E-state index in [1.165, 1.54) is 12.1 Å². The third-order valence-electron chi connectivity index (χ3n) is 8.22. The number of ether oxygens (including phenoxy) is 1. The van der Waals surface area contributed by atoms with Gasteiger partial charge in [0.1, 0.15) is 17.3 Å². The number of amides is 2. The zero-order valence-electron chi connectivity index (χ0n) is 22.0. The van der Waals surface area contributed by atoms with Crippen molar-refractivity contribution in [3.05, 3.63) is 89.7 Å². The Bertz CT molecular complexity index is 1420. The molecule has 8 heteroatoms. The zero-order chi connectivity index (χ0) is 27.8. The van der Waals surface area contributed by atoms with Crippen molar-refractivity contribution in [2.24, 2.45) is 5.92 Å². The summed E-state index contributed by atoms with van der Waals surface area (Å²) in [5.74, 6) is -0.587. The predicted octanol–water partition coefficient (Wildman–Crippen LogP) is 6.34. The number of anilines is 1. The van der Waals surface area contributed by atoms with E-state index in [2.05, 4.69) is 0 Å². The number of nitrogens with zero attached hydrogens (tertiary/aromatic N) is 2. The van der Waals surface area contributed by atoms with Crippen LogP contribution in [0, 0.1) is 11.7 Å².